The molecule has 1 fully saturated rings. The number of pyridine rings is 1. The fraction of sp³-hybridized carbons (Fsp3) is 0.389. The molecule has 0 aliphatic heterocycles. The van der Waals surface area contributed by atoms with E-state index in [1.807, 2.05) is 12.4 Å². The number of aliphatic imine (C=N–C) groups is 1. The summed E-state index contributed by atoms with van der Waals surface area (Å²) in [5.41, 5.74) is 2.28. The third-order valence-corrected chi connectivity index (χ3v) is 4.57. The maximum atomic E-state index is 11.0. The van der Waals surface area contributed by atoms with E-state index < -0.39 is 0 Å². The average Bonchev–Trinajstić information content (AvgIpc) is 2.59. The summed E-state index contributed by atoms with van der Waals surface area (Å²) in [4.78, 5) is 21.8. The molecule has 4 nitrogen and oxygen atoms in total. The quantitative estimate of drug-likeness (QED) is 0.322. The Morgan fingerprint density at radius 3 is 2.78 bits per heavy atom. The fourth-order valence-corrected chi connectivity index (χ4v) is 3.15. The zero-order valence-corrected chi connectivity index (χ0v) is 15.0. The van der Waals surface area contributed by atoms with E-state index in [2.05, 4.69) is 44.4 Å². The molecule has 0 aromatic carbocycles. The second-order valence-corrected chi connectivity index (χ2v) is 6.67. The van der Waals surface area contributed by atoms with Crippen LogP contribution in [0.5, 0.6) is 0 Å². The number of carbonyl (C=O) groups is 1. The van der Waals surface area contributed by atoms with Gasteiger partial charge in [0.05, 0.1) is 12.0 Å². The lowest BCUT2D eigenvalue weighted by atomic mass is 9.95. The fourth-order valence-electron chi connectivity index (χ4n) is 2.84. The van der Waals surface area contributed by atoms with Gasteiger partial charge in [-0.05, 0) is 18.9 Å². The summed E-state index contributed by atoms with van der Waals surface area (Å²) in [5.74, 6) is 0. The lowest BCUT2D eigenvalue weighted by Gasteiger charge is -2.29. The van der Waals surface area contributed by atoms with Crippen LogP contribution in [0.4, 0.5) is 0 Å². The molecule has 0 unspecified atom stereocenters. The van der Waals surface area contributed by atoms with Crippen molar-refractivity contribution in [1.82, 2.24) is 9.88 Å². The van der Waals surface area contributed by atoms with Gasteiger partial charge in [0.1, 0.15) is 6.29 Å². The van der Waals surface area contributed by atoms with Crippen molar-refractivity contribution in [2.24, 2.45) is 4.99 Å². The first-order chi connectivity index (χ1) is 11.1. The van der Waals surface area contributed by atoms with Crippen LogP contribution in [-0.4, -0.2) is 35.6 Å². The van der Waals surface area contributed by atoms with Gasteiger partial charge in [-0.3, -0.25) is 9.78 Å². The molecule has 0 spiro atoms. The molecule has 1 aromatic heterocycles. The Labute approximate surface area is 146 Å². The molecular weight excluding hydrogens is 354 g/mol. The van der Waals surface area contributed by atoms with E-state index in [4.69, 9.17) is 0 Å². The Morgan fingerprint density at radius 2 is 2.13 bits per heavy atom. The number of allylic oxidation sites excluding steroid dienone is 1. The normalized spacial score (nSPS) is 16.5. The molecular formula is C18H22BrN3O. The van der Waals surface area contributed by atoms with Gasteiger partial charge < -0.3 is 4.90 Å². The zero-order valence-electron chi connectivity index (χ0n) is 13.4. The average molecular weight is 376 g/mol. The van der Waals surface area contributed by atoms with Gasteiger partial charge in [0, 0.05) is 47.2 Å². The van der Waals surface area contributed by atoms with Gasteiger partial charge >= 0.3 is 0 Å². The molecule has 2 rings (SSSR count). The molecule has 0 atom stereocenters. The molecule has 122 valence electrons. The maximum absolute atomic E-state index is 11.0. The second-order valence-electron chi connectivity index (χ2n) is 5.72. The van der Waals surface area contributed by atoms with E-state index in [1.54, 1.807) is 12.4 Å². The number of aromatic nitrogens is 1. The first-order valence-corrected chi connectivity index (χ1v) is 8.63. The lowest BCUT2D eigenvalue weighted by molar-refractivity contribution is -0.104. The molecule has 1 heterocycles. The van der Waals surface area contributed by atoms with E-state index in [0.717, 1.165) is 17.4 Å². The van der Waals surface area contributed by atoms with Crippen molar-refractivity contribution in [2.75, 3.05) is 7.05 Å². The van der Waals surface area contributed by atoms with Crippen molar-refractivity contribution >= 4 is 38.7 Å². The Hall–Kier alpha value is -1.75. The molecule has 1 aliphatic rings. The van der Waals surface area contributed by atoms with Crippen LogP contribution in [0.1, 0.15) is 43.2 Å². The number of aldehydes is 1. The molecule has 1 aromatic rings. The van der Waals surface area contributed by atoms with Crippen LogP contribution in [0.3, 0.4) is 0 Å². The van der Waals surface area contributed by atoms with Gasteiger partial charge in [-0.15, -0.1) is 0 Å². The van der Waals surface area contributed by atoms with Crippen molar-refractivity contribution in [2.45, 2.75) is 38.1 Å². The number of halogens is 1. The standard InChI is InChI=1S/C18H22BrN3O/c1-14(19)17-12-20-10-8-16(17)18(9-11-23)21-13-22(2)15-6-4-3-5-7-15/h8-13,15H,1,3-7H2,2H3/b18-9-,21-13?. The molecule has 0 bridgehead atoms. The summed E-state index contributed by atoms with van der Waals surface area (Å²) >= 11 is 3.38. The Morgan fingerprint density at radius 1 is 1.39 bits per heavy atom. The minimum Gasteiger partial charge on any atom is -0.363 e. The van der Waals surface area contributed by atoms with E-state index in [1.165, 1.54) is 38.2 Å². The minimum absolute atomic E-state index is 0.535. The molecule has 0 saturated heterocycles. The lowest BCUT2D eigenvalue weighted by Crippen LogP contribution is -2.32. The van der Waals surface area contributed by atoms with Gasteiger partial charge in [0.2, 0.25) is 0 Å². The predicted octanol–water partition coefficient (Wildman–Crippen LogP) is 4.28. The van der Waals surface area contributed by atoms with Crippen molar-refractivity contribution in [1.29, 1.82) is 0 Å². The zero-order chi connectivity index (χ0) is 16.7. The van der Waals surface area contributed by atoms with Gasteiger partial charge in [-0.2, -0.15) is 0 Å². The van der Waals surface area contributed by atoms with Crippen LogP contribution in [0.25, 0.3) is 10.2 Å². The highest BCUT2D eigenvalue weighted by Crippen LogP contribution is 2.28. The maximum Gasteiger partial charge on any atom is 0.145 e. The summed E-state index contributed by atoms with van der Waals surface area (Å²) in [5, 5.41) is 0. The topological polar surface area (TPSA) is 45.6 Å². The third-order valence-electron chi connectivity index (χ3n) is 4.14. The SMILES string of the molecule is C=C(Br)c1cnccc1/C(=C/C=O)N=CN(C)C1CCCCC1. The third kappa shape index (κ3) is 4.86. The second kappa shape index (κ2) is 8.77. The van der Waals surface area contributed by atoms with Crippen LogP contribution >= 0.6 is 15.9 Å². The minimum atomic E-state index is 0.535. The van der Waals surface area contributed by atoms with Crippen LogP contribution in [0.2, 0.25) is 0 Å². The van der Waals surface area contributed by atoms with E-state index in [-0.39, 0.29) is 0 Å². The van der Waals surface area contributed by atoms with Gasteiger partial charge in [0.25, 0.3) is 0 Å². The van der Waals surface area contributed by atoms with Gasteiger partial charge in [-0.25, -0.2) is 4.99 Å². The summed E-state index contributed by atoms with van der Waals surface area (Å²) in [6, 6.07) is 2.38. The first-order valence-electron chi connectivity index (χ1n) is 7.84. The van der Waals surface area contributed by atoms with Crippen LogP contribution in [0, 0.1) is 0 Å². The molecule has 1 saturated carbocycles. The summed E-state index contributed by atoms with van der Waals surface area (Å²) in [6.45, 7) is 3.90. The van der Waals surface area contributed by atoms with Crippen molar-refractivity contribution in [3.05, 3.63) is 42.2 Å². The first kappa shape index (κ1) is 17.6. The van der Waals surface area contributed by atoms with Gasteiger partial charge in [0.15, 0.2) is 0 Å². The van der Waals surface area contributed by atoms with E-state index in [0.29, 0.717) is 16.2 Å². The molecule has 1 aliphatic carbocycles. The summed E-state index contributed by atoms with van der Waals surface area (Å²) in [7, 11) is 2.05. The molecule has 0 amide bonds. The van der Waals surface area contributed by atoms with Crippen LogP contribution in [0.15, 0.2) is 36.1 Å². The highest BCUT2D eigenvalue weighted by atomic mass is 79.9. The predicted molar refractivity (Wildman–Crippen MR) is 99.4 cm³/mol. The Bertz CT molecular complexity index is 618. The highest BCUT2D eigenvalue weighted by molar-refractivity contribution is 9.15. The van der Waals surface area contributed by atoms with Crippen molar-refractivity contribution in [3.63, 3.8) is 0 Å². The van der Waals surface area contributed by atoms with Crippen molar-refractivity contribution < 1.29 is 4.79 Å². The molecule has 0 radical (unpaired) electrons. The largest absolute Gasteiger partial charge is 0.363 e. The summed E-state index contributed by atoms with van der Waals surface area (Å²) in [6.07, 6.45) is 13.7. The van der Waals surface area contributed by atoms with E-state index >= 15 is 0 Å². The Kier molecular flexibility index (Phi) is 6.71. The van der Waals surface area contributed by atoms with E-state index in [9.17, 15) is 4.79 Å². The Balaban J connectivity index is 2.22. The monoisotopic (exact) mass is 375 g/mol. The number of rotatable bonds is 6. The molecule has 0 N–H and O–H groups in total. The van der Waals surface area contributed by atoms with Crippen molar-refractivity contribution in [3.8, 4) is 0 Å². The highest BCUT2D eigenvalue weighted by Gasteiger charge is 2.16. The molecule has 5 heteroatoms. The van der Waals surface area contributed by atoms with Crippen LogP contribution < -0.4 is 0 Å². The number of nitrogens with zero attached hydrogens (tertiary/aromatic N) is 3. The molecule has 23 heavy (non-hydrogen) atoms. The smallest absolute Gasteiger partial charge is 0.145 e. The van der Waals surface area contributed by atoms with Crippen LogP contribution in [-0.2, 0) is 4.79 Å². The number of hydrogen-bond acceptors (Lipinski definition) is 3. The summed E-state index contributed by atoms with van der Waals surface area (Å²) < 4.78 is 0.716. The number of hydrogen-bond donors (Lipinski definition) is 0. The number of carbonyl (C=O) groups excluding carboxylic acids is 1. The van der Waals surface area contributed by atoms with Gasteiger partial charge in [-0.1, -0.05) is 41.8 Å².